The first-order valence-electron chi connectivity index (χ1n) is 3.91. The molecule has 0 radical (unpaired) electrons. The monoisotopic (exact) mass is 180 g/mol. The quantitative estimate of drug-likeness (QED) is 0.665. The van der Waals surface area contributed by atoms with Crippen LogP contribution in [0.5, 0.6) is 11.5 Å². The van der Waals surface area contributed by atoms with E-state index in [2.05, 4.69) is 0 Å². The zero-order valence-corrected chi connectivity index (χ0v) is 7.96. The molecule has 0 N–H and O–H groups in total. The zero-order chi connectivity index (χ0) is 9.84. The van der Waals surface area contributed by atoms with Crippen molar-refractivity contribution in [3.63, 3.8) is 0 Å². The molecule has 0 aliphatic rings. The summed E-state index contributed by atoms with van der Waals surface area (Å²) in [5.74, 6) is 1.12. The lowest BCUT2D eigenvalue weighted by atomic mass is 10.1. The second-order valence-corrected chi connectivity index (χ2v) is 2.65. The van der Waals surface area contributed by atoms with Gasteiger partial charge in [-0.3, -0.25) is 4.79 Å². The van der Waals surface area contributed by atoms with Crippen LogP contribution in [0.1, 0.15) is 15.9 Å². The molecule has 3 heteroatoms. The minimum Gasteiger partial charge on any atom is -0.496 e. The molecule has 0 atom stereocenters. The van der Waals surface area contributed by atoms with Crippen LogP contribution in [0.4, 0.5) is 0 Å². The summed E-state index contributed by atoms with van der Waals surface area (Å²) in [7, 11) is 3.06. The molecule has 3 nitrogen and oxygen atoms in total. The lowest BCUT2D eigenvalue weighted by Crippen LogP contribution is -1.97. The molecule has 0 heterocycles. The number of carbonyl (C=O) groups is 1. The van der Waals surface area contributed by atoms with Gasteiger partial charge in [-0.2, -0.15) is 0 Å². The van der Waals surface area contributed by atoms with Gasteiger partial charge < -0.3 is 9.47 Å². The predicted octanol–water partition coefficient (Wildman–Crippen LogP) is 1.82. The Bertz CT molecular complexity index is 318. The average molecular weight is 180 g/mol. The number of ether oxygens (including phenoxy) is 2. The summed E-state index contributed by atoms with van der Waals surface area (Å²) < 4.78 is 10.1. The highest BCUT2D eigenvalue weighted by Gasteiger charge is 2.10. The van der Waals surface area contributed by atoms with Gasteiger partial charge in [0.25, 0.3) is 0 Å². The number of rotatable bonds is 3. The maximum absolute atomic E-state index is 10.8. The summed E-state index contributed by atoms with van der Waals surface area (Å²) in [6, 6.07) is 3.60. The highest BCUT2D eigenvalue weighted by atomic mass is 16.5. The van der Waals surface area contributed by atoms with Crippen molar-refractivity contribution < 1.29 is 14.3 Å². The number of hydrogen-bond donors (Lipinski definition) is 0. The summed E-state index contributed by atoms with van der Waals surface area (Å²) in [5, 5.41) is 0. The molecular weight excluding hydrogens is 168 g/mol. The van der Waals surface area contributed by atoms with Crippen LogP contribution in [0.2, 0.25) is 0 Å². The van der Waals surface area contributed by atoms with Gasteiger partial charge in [-0.15, -0.1) is 0 Å². The molecular formula is C10H12O3. The molecule has 70 valence electrons. The molecule has 0 fully saturated rings. The molecule has 0 amide bonds. The Morgan fingerprint density at radius 3 is 2.38 bits per heavy atom. The number of aryl methyl sites for hydroxylation is 1. The number of benzene rings is 1. The Morgan fingerprint density at radius 1 is 1.23 bits per heavy atom. The molecule has 13 heavy (non-hydrogen) atoms. The SMILES string of the molecule is COc1ccc(C)c(OC)c1C=O. The fourth-order valence-electron chi connectivity index (χ4n) is 1.25. The molecule has 0 aromatic heterocycles. The fourth-order valence-corrected chi connectivity index (χ4v) is 1.25. The van der Waals surface area contributed by atoms with E-state index in [0.717, 1.165) is 11.8 Å². The van der Waals surface area contributed by atoms with Crippen LogP contribution in [0.25, 0.3) is 0 Å². The van der Waals surface area contributed by atoms with E-state index in [4.69, 9.17) is 9.47 Å². The van der Waals surface area contributed by atoms with Gasteiger partial charge in [0.05, 0.1) is 19.8 Å². The number of methoxy groups -OCH3 is 2. The van der Waals surface area contributed by atoms with E-state index in [0.29, 0.717) is 17.1 Å². The largest absolute Gasteiger partial charge is 0.496 e. The third-order valence-corrected chi connectivity index (χ3v) is 1.89. The van der Waals surface area contributed by atoms with Gasteiger partial charge in [0, 0.05) is 0 Å². The minimum atomic E-state index is 0.463. The maximum Gasteiger partial charge on any atom is 0.157 e. The lowest BCUT2D eigenvalue weighted by Gasteiger charge is -2.10. The Balaban J connectivity index is 3.36. The second kappa shape index (κ2) is 3.94. The third-order valence-electron chi connectivity index (χ3n) is 1.89. The number of hydrogen-bond acceptors (Lipinski definition) is 3. The van der Waals surface area contributed by atoms with Crippen LogP contribution in [0.3, 0.4) is 0 Å². The Morgan fingerprint density at radius 2 is 1.92 bits per heavy atom. The van der Waals surface area contributed by atoms with Crippen molar-refractivity contribution in [2.75, 3.05) is 14.2 Å². The molecule has 0 bridgehead atoms. The van der Waals surface area contributed by atoms with E-state index in [1.807, 2.05) is 13.0 Å². The lowest BCUT2D eigenvalue weighted by molar-refractivity contribution is 0.111. The second-order valence-electron chi connectivity index (χ2n) is 2.65. The van der Waals surface area contributed by atoms with Crippen LogP contribution in [0.15, 0.2) is 12.1 Å². The van der Waals surface area contributed by atoms with Crippen LogP contribution < -0.4 is 9.47 Å². The maximum atomic E-state index is 10.8. The number of carbonyl (C=O) groups excluding carboxylic acids is 1. The first kappa shape index (κ1) is 9.58. The van der Waals surface area contributed by atoms with Crippen LogP contribution >= 0.6 is 0 Å². The van der Waals surface area contributed by atoms with Gasteiger partial charge in [-0.25, -0.2) is 0 Å². The standard InChI is InChI=1S/C10H12O3/c1-7-4-5-9(12-2)8(6-11)10(7)13-3/h4-6H,1-3H3. The van der Waals surface area contributed by atoms with Gasteiger partial charge in [0.15, 0.2) is 6.29 Å². The first-order chi connectivity index (χ1) is 6.24. The molecule has 1 aromatic rings. The van der Waals surface area contributed by atoms with Crippen LogP contribution in [0, 0.1) is 6.92 Å². The summed E-state index contributed by atoms with van der Waals surface area (Å²) in [6.07, 6.45) is 0.741. The van der Waals surface area contributed by atoms with Gasteiger partial charge in [-0.05, 0) is 18.6 Å². The van der Waals surface area contributed by atoms with E-state index in [1.165, 1.54) is 14.2 Å². The Hall–Kier alpha value is -1.51. The molecule has 0 unspecified atom stereocenters. The highest BCUT2D eigenvalue weighted by molar-refractivity contribution is 5.84. The van der Waals surface area contributed by atoms with Crippen molar-refractivity contribution in [3.05, 3.63) is 23.3 Å². The summed E-state index contributed by atoms with van der Waals surface area (Å²) in [4.78, 5) is 10.8. The van der Waals surface area contributed by atoms with E-state index in [-0.39, 0.29) is 0 Å². The molecule has 1 aromatic carbocycles. The normalized spacial score (nSPS) is 9.46. The molecule has 0 aliphatic carbocycles. The van der Waals surface area contributed by atoms with Crippen molar-refractivity contribution in [2.45, 2.75) is 6.92 Å². The highest BCUT2D eigenvalue weighted by Crippen LogP contribution is 2.29. The van der Waals surface area contributed by atoms with Crippen molar-refractivity contribution in [1.82, 2.24) is 0 Å². The van der Waals surface area contributed by atoms with E-state index in [9.17, 15) is 4.79 Å². The Kier molecular flexibility index (Phi) is 2.90. The number of aldehydes is 1. The van der Waals surface area contributed by atoms with Gasteiger partial charge in [-0.1, -0.05) is 6.07 Å². The van der Waals surface area contributed by atoms with E-state index in [1.54, 1.807) is 6.07 Å². The minimum absolute atomic E-state index is 0.463. The van der Waals surface area contributed by atoms with Crippen molar-refractivity contribution in [3.8, 4) is 11.5 Å². The molecule has 0 spiro atoms. The summed E-state index contributed by atoms with van der Waals surface area (Å²) >= 11 is 0. The van der Waals surface area contributed by atoms with Crippen LogP contribution in [-0.4, -0.2) is 20.5 Å². The third kappa shape index (κ3) is 1.64. The van der Waals surface area contributed by atoms with E-state index < -0.39 is 0 Å². The van der Waals surface area contributed by atoms with Gasteiger partial charge in [0.1, 0.15) is 11.5 Å². The molecule has 1 rings (SSSR count). The van der Waals surface area contributed by atoms with Crippen LogP contribution in [-0.2, 0) is 0 Å². The van der Waals surface area contributed by atoms with E-state index >= 15 is 0 Å². The molecule has 0 saturated carbocycles. The topological polar surface area (TPSA) is 35.5 Å². The Labute approximate surface area is 77.3 Å². The smallest absolute Gasteiger partial charge is 0.157 e. The van der Waals surface area contributed by atoms with Gasteiger partial charge >= 0.3 is 0 Å². The summed E-state index contributed by atoms with van der Waals surface area (Å²) in [5.41, 5.74) is 1.38. The molecule has 0 saturated heterocycles. The van der Waals surface area contributed by atoms with Crippen molar-refractivity contribution in [1.29, 1.82) is 0 Å². The summed E-state index contributed by atoms with van der Waals surface area (Å²) in [6.45, 7) is 1.88. The zero-order valence-electron chi connectivity index (χ0n) is 7.96. The fraction of sp³-hybridized carbons (Fsp3) is 0.300. The predicted molar refractivity (Wildman–Crippen MR) is 49.7 cm³/mol. The van der Waals surface area contributed by atoms with Crippen molar-refractivity contribution in [2.24, 2.45) is 0 Å². The first-order valence-corrected chi connectivity index (χ1v) is 3.91. The average Bonchev–Trinajstić information content (AvgIpc) is 2.17. The van der Waals surface area contributed by atoms with Gasteiger partial charge in [0.2, 0.25) is 0 Å². The molecule has 0 aliphatic heterocycles. The van der Waals surface area contributed by atoms with Crippen molar-refractivity contribution >= 4 is 6.29 Å².